The predicted molar refractivity (Wildman–Crippen MR) is 137 cm³/mol. The molecule has 1 unspecified atom stereocenters. The zero-order chi connectivity index (χ0) is 25.4. The van der Waals surface area contributed by atoms with Gasteiger partial charge in [0.2, 0.25) is 5.91 Å². The summed E-state index contributed by atoms with van der Waals surface area (Å²) >= 11 is 0. The number of nitrogens with one attached hydrogen (secondary N) is 1. The first kappa shape index (κ1) is 23.5. The molecule has 2 aromatic carbocycles. The second-order valence-electron chi connectivity index (χ2n) is 9.20. The molecule has 0 bridgehead atoms. The van der Waals surface area contributed by atoms with E-state index < -0.39 is 0 Å². The third-order valence-electron chi connectivity index (χ3n) is 6.33. The van der Waals surface area contributed by atoms with Gasteiger partial charge in [-0.05, 0) is 57.0 Å². The number of carbonyl (C=O) groups is 1. The lowest BCUT2D eigenvalue weighted by atomic mass is 9.85. The molecular weight excluding hydrogens is 454 g/mol. The van der Waals surface area contributed by atoms with Gasteiger partial charge in [-0.2, -0.15) is 9.78 Å². The van der Waals surface area contributed by atoms with E-state index in [1.165, 1.54) is 5.56 Å². The summed E-state index contributed by atoms with van der Waals surface area (Å²) in [7, 11) is 1.62. The molecule has 184 valence electrons. The molecule has 5 rings (SSSR count). The zero-order valence-corrected chi connectivity index (χ0v) is 21.1. The van der Waals surface area contributed by atoms with Crippen LogP contribution in [0.2, 0.25) is 0 Å². The molecule has 3 heterocycles. The van der Waals surface area contributed by atoms with Gasteiger partial charge in [-0.15, -0.1) is 0 Å². The molecule has 1 aliphatic heterocycles. The summed E-state index contributed by atoms with van der Waals surface area (Å²) in [6, 6.07) is 16.0. The van der Waals surface area contributed by atoms with E-state index in [0.29, 0.717) is 36.3 Å². The molecule has 2 aromatic heterocycles. The Morgan fingerprint density at radius 3 is 2.50 bits per heavy atom. The minimum absolute atomic E-state index is 0.0863. The number of anilines is 1. The van der Waals surface area contributed by atoms with E-state index in [1.54, 1.807) is 11.8 Å². The molecule has 0 fully saturated rings. The van der Waals surface area contributed by atoms with Crippen molar-refractivity contribution in [2.45, 2.75) is 46.6 Å². The molecule has 8 nitrogen and oxygen atoms in total. The van der Waals surface area contributed by atoms with Crippen molar-refractivity contribution in [2.75, 3.05) is 12.4 Å². The first-order valence-corrected chi connectivity index (χ1v) is 11.9. The number of aryl methyl sites for hydroxylation is 4. The van der Waals surface area contributed by atoms with Crippen molar-refractivity contribution >= 4 is 11.7 Å². The molecule has 1 aliphatic rings. The standard InChI is InChI=1S/C28H29N5O3/c1-16-7-6-8-20(11-16)15-36-23-10-9-21(13-24(23)35-5)22-14-25(34)31-27-26(22)19(4)32-33(27)28-29-17(2)12-18(3)30-28/h6-13,22H,14-15H2,1-5H3,(H,31,34). The molecule has 1 N–H and O–H groups in total. The highest BCUT2D eigenvalue weighted by Crippen LogP contribution is 2.42. The number of aromatic nitrogens is 4. The van der Waals surface area contributed by atoms with Gasteiger partial charge in [0.05, 0.1) is 12.8 Å². The average molecular weight is 484 g/mol. The average Bonchev–Trinajstić information content (AvgIpc) is 3.17. The van der Waals surface area contributed by atoms with E-state index in [9.17, 15) is 4.79 Å². The maximum Gasteiger partial charge on any atom is 0.252 e. The number of benzene rings is 2. The Labute approximate surface area is 210 Å². The van der Waals surface area contributed by atoms with Gasteiger partial charge < -0.3 is 14.8 Å². The number of hydrogen-bond acceptors (Lipinski definition) is 6. The summed E-state index contributed by atoms with van der Waals surface area (Å²) in [5.74, 6) is 2.05. The Kier molecular flexibility index (Phi) is 6.18. The van der Waals surface area contributed by atoms with E-state index in [0.717, 1.165) is 33.8 Å². The van der Waals surface area contributed by atoms with Crippen LogP contribution in [0.1, 0.15) is 51.7 Å². The van der Waals surface area contributed by atoms with E-state index in [2.05, 4.69) is 34.3 Å². The van der Waals surface area contributed by atoms with Crippen LogP contribution in [-0.2, 0) is 11.4 Å². The number of nitrogens with zero attached hydrogens (tertiary/aromatic N) is 4. The van der Waals surface area contributed by atoms with Gasteiger partial charge in [-0.3, -0.25) is 4.79 Å². The molecule has 0 spiro atoms. The highest BCUT2D eigenvalue weighted by molar-refractivity contribution is 5.95. The monoisotopic (exact) mass is 483 g/mol. The molecule has 0 aliphatic carbocycles. The maximum atomic E-state index is 12.8. The van der Waals surface area contributed by atoms with Crippen LogP contribution >= 0.6 is 0 Å². The third-order valence-corrected chi connectivity index (χ3v) is 6.33. The van der Waals surface area contributed by atoms with Crippen molar-refractivity contribution in [1.82, 2.24) is 19.7 Å². The molecular formula is C28H29N5O3. The van der Waals surface area contributed by atoms with Gasteiger partial charge in [0.15, 0.2) is 11.5 Å². The number of rotatable bonds is 6. The quantitative estimate of drug-likeness (QED) is 0.417. The summed E-state index contributed by atoms with van der Waals surface area (Å²) < 4.78 is 13.4. The van der Waals surface area contributed by atoms with Gasteiger partial charge >= 0.3 is 0 Å². The number of hydrogen-bond donors (Lipinski definition) is 1. The smallest absolute Gasteiger partial charge is 0.252 e. The molecule has 0 saturated carbocycles. The van der Waals surface area contributed by atoms with E-state index >= 15 is 0 Å². The summed E-state index contributed by atoms with van der Waals surface area (Å²) in [5.41, 5.74) is 6.67. The molecule has 8 heteroatoms. The van der Waals surface area contributed by atoms with Crippen LogP contribution in [0.3, 0.4) is 0 Å². The van der Waals surface area contributed by atoms with Gasteiger partial charge in [0.1, 0.15) is 12.4 Å². The van der Waals surface area contributed by atoms with Crippen LogP contribution in [0.4, 0.5) is 5.82 Å². The second kappa shape index (κ2) is 9.45. The van der Waals surface area contributed by atoms with E-state index in [-0.39, 0.29) is 11.8 Å². The normalized spacial score (nSPS) is 14.8. The topological polar surface area (TPSA) is 91.2 Å². The number of amides is 1. The largest absolute Gasteiger partial charge is 0.493 e. The summed E-state index contributed by atoms with van der Waals surface area (Å²) in [5, 5.41) is 7.70. The van der Waals surface area contributed by atoms with Crippen LogP contribution < -0.4 is 14.8 Å². The van der Waals surface area contributed by atoms with Gasteiger partial charge in [0.25, 0.3) is 5.95 Å². The fourth-order valence-corrected chi connectivity index (χ4v) is 4.76. The van der Waals surface area contributed by atoms with Crippen molar-refractivity contribution in [3.63, 3.8) is 0 Å². The molecule has 4 aromatic rings. The fourth-order valence-electron chi connectivity index (χ4n) is 4.76. The predicted octanol–water partition coefficient (Wildman–Crippen LogP) is 4.96. The zero-order valence-electron chi connectivity index (χ0n) is 21.1. The Morgan fingerprint density at radius 1 is 1.00 bits per heavy atom. The van der Waals surface area contributed by atoms with Crippen LogP contribution in [0.15, 0.2) is 48.5 Å². The lowest BCUT2D eigenvalue weighted by molar-refractivity contribution is -0.116. The van der Waals surface area contributed by atoms with Crippen LogP contribution in [-0.4, -0.2) is 32.8 Å². The number of fused-ring (bicyclic) bond motifs is 1. The first-order chi connectivity index (χ1) is 17.3. The summed E-state index contributed by atoms with van der Waals surface area (Å²) in [6.45, 7) is 8.27. The van der Waals surface area contributed by atoms with Crippen molar-refractivity contribution < 1.29 is 14.3 Å². The fraction of sp³-hybridized carbons (Fsp3) is 0.286. The minimum Gasteiger partial charge on any atom is -0.493 e. The van der Waals surface area contributed by atoms with Crippen LogP contribution in [0.5, 0.6) is 11.5 Å². The van der Waals surface area contributed by atoms with Crippen molar-refractivity contribution in [3.05, 3.63) is 87.9 Å². The van der Waals surface area contributed by atoms with E-state index in [1.807, 2.05) is 57.2 Å². The van der Waals surface area contributed by atoms with Gasteiger partial charge in [-0.25, -0.2) is 9.97 Å². The van der Waals surface area contributed by atoms with Gasteiger partial charge in [-0.1, -0.05) is 35.9 Å². The molecule has 1 atom stereocenters. The molecule has 36 heavy (non-hydrogen) atoms. The molecule has 0 saturated heterocycles. The van der Waals surface area contributed by atoms with E-state index in [4.69, 9.17) is 14.6 Å². The Bertz CT molecular complexity index is 1440. The Balaban J connectivity index is 1.49. The first-order valence-electron chi connectivity index (χ1n) is 11.9. The molecule has 0 radical (unpaired) electrons. The highest BCUT2D eigenvalue weighted by atomic mass is 16.5. The second-order valence-corrected chi connectivity index (χ2v) is 9.20. The minimum atomic E-state index is -0.187. The van der Waals surface area contributed by atoms with Crippen molar-refractivity contribution in [3.8, 4) is 17.4 Å². The lowest BCUT2D eigenvalue weighted by Crippen LogP contribution is -2.25. The maximum absolute atomic E-state index is 12.8. The summed E-state index contributed by atoms with van der Waals surface area (Å²) in [6.07, 6.45) is 0.305. The SMILES string of the molecule is COc1cc(C2CC(=O)Nc3c2c(C)nn3-c2nc(C)cc(C)n2)ccc1OCc1cccc(C)c1. The van der Waals surface area contributed by atoms with Crippen LogP contribution in [0, 0.1) is 27.7 Å². The number of methoxy groups -OCH3 is 1. The Morgan fingerprint density at radius 2 is 1.78 bits per heavy atom. The number of carbonyl (C=O) groups excluding carboxylic acids is 1. The number of ether oxygens (including phenoxy) is 2. The molecule has 1 amide bonds. The summed E-state index contributed by atoms with van der Waals surface area (Å²) in [4.78, 5) is 21.9. The third kappa shape index (κ3) is 4.54. The van der Waals surface area contributed by atoms with Crippen LogP contribution in [0.25, 0.3) is 5.95 Å². The lowest BCUT2D eigenvalue weighted by Gasteiger charge is -2.25. The Hall–Kier alpha value is -4.20. The van der Waals surface area contributed by atoms with Gasteiger partial charge in [0, 0.05) is 29.3 Å². The van der Waals surface area contributed by atoms with Crippen molar-refractivity contribution in [1.29, 1.82) is 0 Å². The van der Waals surface area contributed by atoms with Crippen molar-refractivity contribution in [2.24, 2.45) is 0 Å². The highest BCUT2D eigenvalue weighted by Gasteiger charge is 2.33.